The van der Waals surface area contributed by atoms with E-state index in [4.69, 9.17) is 19.8 Å². The highest BCUT2D eigenvalue weighted by Crippen LogP contribution is 2.18. The number of hydrogen-bond acceptors (Lipinski definition) is 6. The predicted octanol–water partition coefficient (Wildman–Crippen LogP) is 0.113. The van der Waals surface area contributed by atoms with Gasteiger partial charge in [0, 0.05) is 9.67 Å². The van der Waals surface area contributed by atoms with Crippen molar-refractivity contribution in [2.45, 2.75) is 6.04 Å². The number of carbonyl (C=O) groups is 1. The zero-order valence-electron chi connectivity index (χ0n) is 11.7. The largest absolute Gasteiger partial charge is 0.497 e. The van der Waals surface area contributed by atoms with E-state index in [1.54, 1.807) is 31.4 Å². The monoisotopic (exact) mass is 299 g/mol. The second-order valence-electron chi connectivity index (χ2n) is 4.24. The van der Waals surface area contributed by atoms with Crippen molar-refractivity contribution in [1.29, 1.82) is 0 Å². The number of benzene rings is 1. The van der Waals surface area contributed by atoms with Crippen molar-refractivity contribution in [1.82, 2.24) is 5.48 Å². The van der Waals surface area contributed by atoms with Crippen molar-refractivity contribution < 1.29 is 29.3 Å². The van der Waals surface area contributed by atoms with Crippen LogP contribution in [0.25, 0.3) is 0 Å². The van der Waals surface area contributed by atoms with Gasteiger partial charge in [-0.15, -0.1) is 0 Å². The van der Waals surface area contributed by atoms with Gasteiger partial charge in [-0.1, -0.05) is 12.1 Å². The smallest absolute Gasteiger partial charge is 0.331 e. The summed E-state index contributed by atoms with van der Waals surface area (Å²) in [5, 5.41) is 17.3. The Kier molecular flexibility index (Phi) is 7.30. The van der Waals surface area contributed by atoms with E-state index in [0.717, 1.165) is 5.56 Å². The summed E-state index contributed by atoms with van der Waals surface area (Å²) in [6.07, 6.45) is 0. The van der Waals surface area contributed by atoms with Gasteiger partial charge < -0.3 is 14.9 Å². The van der Waals surface area contributed by atoms with Crippen molar-refractivity contribution in [2.24, 2.45) is 0 Å². The molecule has 8 nitrogen and oxygen atoms in total. The number of methoxy groups -OCH3 is 1. The standard InChI is InChI=1S/C13H18N2O6/c1-20-11-4-2-10(3-5-11)12(8-15(19)6-7-16)14-21-9-13(17)18/h2-5,12,14,16H,6-9H2,1H3/p+1. The van der Waals surface area contributed by atoms with E-state index in [1.165, 1.54) is 0 Å². The number of carboxylic acids is 1. The molecular weight excluding hydrogens is 280 g/mol. The lowest BCUT2D eigenvalue weighted by Crippen LogP contribution is -2.32. The fourth-order valence-electron chi connectivity index (χ4n) is 1.66. The fraction of sp³-hybridized carbons (Fsp3) is 0.462. The number of nitrogens with zero attached hydrogens (tertiary/aromatic N) is 1. The minimum Gasteiger partial charge on any atom is -0.497 e. The van der Waals surface area contributed by atoms with Crippen LogP contribution in [0.1, 0.15) is 11.6 Å². The van der Waals surface area contributed by atoms with Gasteiger partial charge in [0.1, 0.15) is 18.4 Å². The van der Waals surface area contributed by atoms with Crippen molar-refractivity contribution in [3.63, 3.8) is 0 Å². The van der Waals surface area contributed by atoms with Crippen LogP contribution in [-0.4, -0.2) is 54.4 Å². The van der Waals surface area contributed by atoms with Gasteiger partial charge in [-0.3, -0.25) is 4.84 Å². The van der Waals surface area contributed by atoms with E-state index < -0.39 is 18.6 Å². The molecule has 1 atom stereocenters. The molecule has 0 heterocycles. The zero-order valence-corrected chi connectivity index (χ0v) is 11.7. The van der Waals surface area contributed by atoms with Gasteiger partial charge in [-0.2, -0.15) is 5.48 Å². The summed E-state index contributed by atoms with van der Waals surface area (Å²) >= 11 is 0. The van der Waals surface area contributed by atoms with Crippen LogP contribution in [0.4, 0.5) is 0 Å². The first kappa shape index (κ1) is 17.0. The topological polar surface area (TPSA) is 108 Å². The Balaban J connectivity index is 2.73. The number of hydrogen-bond donors (Lipinski definition) is 3. The molecular formula is C13H19N2O6+. The SMILES string of the molecule is COc1ccc(C(C[N+](=O)CCO)NOCC(=O)O)cc1. The molecule has 0 spiro atoms. The molecule has 0 saturated heterocycles. The summed E-state index contributed by atoms with van der Waals surface area (Å²) in [6, 6.07) is 6.41. The molecule has 116 valence electrons. The van der Waals surface area contributed by atoms with Crippen LogP contribution in [0.3, 0.4) is 0 Å². The number of aliphatic hydroxyl groups is 1. The van der Waals surface area contributed by atoms with Crippen molar-refractivity contribution in [3.8, 4) is 5.75 Å². The molecule has 0 aliphatic carbocycles. The van der Waals surface area contributed by atoms with Gasteiger partial charge in [0.25, 0.3) is 0 Å². The van der Waals surface area contributed by atoms with E-state index in [2.05, 4.69) is 5.48 Å². The lowest BCUT2D eigenvalue weighted by atomic mass is 10.1. The average molecular weight is 299 g/mol. The second kappa shape index (κ2) is 9.01. The molecule has 8 heteroatoms. The number of nitroso groups, excluding NO2 is 1. The number of nitrogens with one attached hydrogen (secondary N) is 1. The van der Waals surface area contributed by atoms with E-state index in [1.807, 2.05) is 0 Å². The van der Waals surface area contributed by atoms with E-state index >= 15 is 0 Å². The molecule has 1 unspecified atom stereocenters. The maximum absolute atomic E-state index is 11.6. The summed E-state index contributed by atoms with van der Waals surface area (Å²) < 4.78 is 5.72. The molecule has 0 fully saturated rings. The van der Waals surface area contributed by atoms with Crippen LogP contribution in [0.5, 0.6) is 5.75 Å². The van der Waals surface area contributed by atoms with Crippen LogP contribution in [0, 0.1) is 4.91 Å². The van der Waals surface area contributed by atoms with Gasteiger partial charge in [-0.05, 0) is 17.7 Å². The van der Waals surface area contributed by atoms with E-state index in [9.17, 15) is 9.70 Å². The Morgan fingerprint density at radius 1 is 1.38 bits per heavy atom. The van der Waals surface area contributed by atoms with Crippen molar-refractivity contribution in [3.05, 3.63) is 34.7 Å². The van der Waals surface area contributed by atoms with Crippen LogP contribution < -0.4 is 10.2 Å². The number of ether oxygens (including phenoxy) is 1. The van der Waals surface area contributed by atoms with Gasteiger partial charge in [0.05, 0.1) is 7.11 Å². The highest BCUT2D eigenvalue weighted by molar-refractivity contribution is 5.67. The normalized spacial score (nSPS) is 11.9. The lowest BCUT2D eigenvalue weighted by molar-refractivity contribution is -0.555. The third kappa shape index (κ3) is 6.30. The molecule has 1 aromatic rings. The Bertz CT molecular complexity index is 462. The maximum Gasteiger partial charge on any atom is 0.331 e. The molecule has 0 aromatic heterocycles. The summed E-state index contributed by atoms with van der Waals surface area (Å²) in [4.78, 5) is 26.8. The minimum atomic E-state index is -1.12. The zero-order chi connectivity index (χ0) is 15.7. The number of rotatable bonds is 10. The highest BCUT2D eigenvalue weighted by Gasteiger charge is 2.21. The third-order valence-electron chi connectivity index (χ3n) is 2.68. The number of carboxylic acid groups (broad SMARTS) is 1. The van der Waals surface area contributed by atoms with Crippen LogP contribution in [0.2, 0.25) is 0 Å². The maximum atomic E-state index is 11.6. The molecule has 1 aromatic carbocycles. The average Bonchev–Trinajstić information content (AvgIpc) is 2.46. The molecule has 0 radical (unpaired) electrons. The first-order valence-electron chi connectivity index (χ1n) is 6.32. The molecule has 0 aliphatic heterocycles. The Hall–Kier alpha value is -2.03. The van der Waals surface area contributed by atoms with E-state index in [0.29, 0.717) is 10.5 Å². The Morgan fingerprint density at radius 2 is 2.05 bits per heavy atom. The molecule has 0 bridgehead atoms. The number of aliphatic hydroxyl groups excluding tert-OH is 1. The van der Waals surface area contributed by atoms with Crippen LogP contribution in [0.15, 0.2) is 24.3 Å². The van der Waals surface area contributed by atoms with Gasteiger partial charge >= 0.3 is 5.97 Å². The highest BCUT2D eigenvalue weighted by atomic mass is 16.7. The van der Waals surface area contributed by atoms with Crippen molar-refractivity contribution >= 4 is 5.97 Å². The number of aliphatic carboxylic acids is 1. The predicted molar refractivity (Wildman–Crippen MR) is 72.9 cm³/mol. The molecule has 0 amide bonds. The molecule has 0 saturated carbocycles. The summed E-state index contributed by atoms with van der Waals surface area (Å²) in [5.74, 6) is -0.455. The first-order chi connectivity index (χ1) is 10.1. The van der Waals surface area contributed by atoms with Gasteiger partial charge in [0.2, 0.25) is 13.1 Å². The Morgan fingerprint density at radius 3 is 2.57 bits per heavy atom. The lowest BCUT2D eigenvalue weighted by Gasteiger charge is -2.15. The second-order valence-corrected chi connectivity index (χ2v) is 4.24. The third-order valence-corrected chi connectivity index (χ3v) is 2.68. The molecule has 21 heavy (non-hydrogen) atoms. The van der Waals surface area contributed by atoms with E-state index in [-0.39, 0.29) is 19.7 Å². The van der Waals surface area contributed by atoms with Gasteiger partial charge in [0.15, 0.2) is 6.61 Å². The molecule has 1 rings (SSSR count). The fourth-order valence-corrected chi connectivity index (χ4v) is 1.66. The first-order valence-corrected chi connectivity index (χ1v) is 6.32. The minimum absolute atomic E-state index is 0.00646. The van der Waals surface area contributed by atoms with Crippen molar-refractivity contribution in [2.75, 3.05) is 33.4 Å². The summed E-state index contributed by atoms with van der Waals surface area (Å²) in [6.45, 7) is -0.805. The number of hydroxylamine groups is 1. The van der Waals surface area contributed by atoms with Crippen LogP contribution >= 0.6 is 0 Å². The molecule has 3 N–H and O–H groups in total. The Labute approximate surface area is 121 Å². The van der Waals surface area contributed by atoms with Crippen LogP contribution in [-0.2, 0) is 9.63 Å². The summed E-state index contributed by atoms with van der Waals surface area (Å²) in [7, 11) is 1.54. The summed E-state index contributed by atoms with van der Waals surface area (Å²) in [5.41, 5.74) is 3.29. The van der Waals surface area contributed by atoms with Gasteiger partial charge in [-0.25, -0.2) is 4.79 Å². The quantitative estimate of drug-likeness (QED) is 0.416. The molecule has 0 aliphatic rings.